The quantitative estimate of drug-likeness (QED) is 0.759. The minimum atomic E-state index is -0.567. The van der Waals surface area contributed by atoms with Crippen LogP contribution < -0.4 is 11.1 Å². The number of carbonyl (C=O) groups is 1. The molecule has 1 amide bonds. The monoisotopic (exact) mass is 386 g/mol. The molecule has 0 saturated carbocycles. The number of halogens is 3. The molecule has 19 heavy (non-hydrogen) atoms. The third-order valence-corrected chi connectivity index (χ3v) is 3.28. The standard InChI is InChI=1S/C13H9Br2FN2O/c14-8-3-7(4-9(15)5-8)13(19)18-12-2-1-10(17)6-11(12)16/h1-6H,17H2,(H,18,19). The summed E-state index contributed by atoms with van der Waals surface area (Å²) in [4.78, 5) is 12.0. The van der Waals surface area contributed by atoms with Gasteiger partial charge < -0.3 is 11.1 Å². The van der Waals surface area contributed by atoms with Gasteiger partial charge in [-0.05, 0) is 36.4 Å². The Morgan fingerprint density at radius 3 is 2.32 bits per heavy atom. The van der Waals surface area contributed by atoms with Crippen LogP contribution in [-0.4, -0.2) is 5.91 Å². The highest BCUT2D eigenvalue weighted by Crippen LogP contribution is 2.22. The predicted octanol–water partition coefficient (Wildman–Crippen LogP) is 4.19. The molecule has 0 radical (unpaired) electrons. The molecule has 0 saturated heterocycles. The molecule has 3 nitrogen and oxygen atoms in total. The highest BCUT2D eigenvalue weighted by molar-refractivity contribution is 9.11. The van der Waals surface area contributed by atoms with Crippen molar-refractivity contribution in [3.63, 3.8) is 0 Å². The lowest BCUT2D eigenvalue weighted by molar-refractivity contribution is 0.102. The fourth-order valence-electron chi connectivity index (χ4n) is 1.51. The average molecular weight is 388 g/mol. The third-order valence-electron chi connectivity index (χ3n) is 2.37. The van der Waals surface area contributed by atoms with Crippen LogP contribution in [0.3, 0.4) is 0 Å². The highest BCUT2D eigenvalue weighted by Gasteiger charge is 2.10. The molecular formula is C13H9Br2FN2O. The molecule has 2 rings (SSSR count). The summed E-state index contributed by atoms with van der Waals surface area (Å²) < 4.78 is 15.1. The average Bonchev–Trinajstić information content (AvgIpc) is 2.31. The second-order valence-corrected chi connectivity index (χ2v) is 5.68. The topological polar surface area (TPSA) is 55.1 Å². The molecule has 0 heterocycles. The molecule has 0 aliphatic carbocycles. The first-order valence-corrected chi connectivity index (χ1v) is 6.87. The first-order chi connectivity index (χ1) is 8.95. The largest absolute Gasteiger partial charge is 0.399 e. The molecule has 0 aliphatic heterocycles. The second-order valence-electron chi connectivity index (χ2n) is 3.85. The molecule has 0 atom stereocenters. The molecule has 2 aromatic carbocycles. The number of hydrogen-bond donors (Lipinski definition) is 2. The summed E-state index contributed by atoms with van der Waals surface area (Å²) in [5, 5.41) is 2.50. The Kier molecular flexibility index (Phi) is 4.21. The molecule has 6 heteroatoms. The molecule has 3 N–H and O–H groups in total. The van der Waals surface area contributed by atoms with E-state index < -0.39 is 11.7 Å². The third kappa shape index (κ3) is 3.54. The Morgan fingerprint density at radius 2 is 1.74 bits per heavy atom. The first kappa shape index (κ1) is 14.0. The van der Waals surface area contributed by atoms with Gasteiger partial charge in [0.15, 0.2) is 0 Å². The summed E-state index contributed by atoms with van der Waals surface area (Å²) in [7, 11) is 0. The van der Waals surface area contributed by atoms with E-state index in [0.717, 1.165) is 15.0 Å². The van der Waals surface area contributed by atoms with Crippen molar-refractivity contribution in [1.82, 2.24) is 0 Å². The molecule has 0 spiro atoms. The Balaban J connectivity index is 2.25. The SMILES string of the molecule is Nc1ccc(NC(=O)c2cc(Br)cc(Br)c2)c(F)c1. The van der Waals surface area contributed by atoms with Gasteiger partial charge in [0.2, 0.25) is 0 Å². The van der Waals surface area contributed by atoms with Crippen molar-refractivity contribution in [1.29, 1.82) is 0 Å². The number of carbonyl (C=O) groups excluding carboxylic acids is 1. The zero-order valence-electron chi connectivity index (χ0n) is 9.58. The number of amides is 1. The maximum Gasteiger partial charge on any atom is 0.255 e. The fourth-order valence-corrected chi connectivity index (χ4v) is 2.81. The number of rotatable bonds is 2. The molecular weight excluding hydrogens is 379 g/mol. The molecule has 98 valence electrons. The van der Waals surface area contributed by atoms with E-state index in [9.17, 15) is 9.18 Å². The van der Waals surface area contributed by atoms with Gasteiger partial charge in [0.05, 0.1) is 5.69 Å². The van der Waals surface area contributed by atoms with Crippen LogP contribution in [0.4, 0.5) is 15.8 Å². The van der Waals surface area contributed by atoms with Crippen molar-refractivity contribution in [2.75, 3.05) is 11.1 Å². The van der Waals surface area contributed by atoms with Crippen LogP contribution in [0.5, 0.6) is 0 Å². The lowest BCUT2D eigenvalue weighted by Gasteiger charge is -2.08. The van der Waals surface area contributed by atoms with Crippen molar-refractivity contribution < 1.29 is 9.18 Å². The van der Waals surface area contributed by atoms with Gasteiger partial charge in [-0.2, -0.15) is 0 Å². The van der Waals surface area contributed by atoms with Gasteiger partial charge in [-0.3, -0.25) is 4.79 Å². The minimum absolute atomic E-state index is 0.0929. The number of anilines is 2. The van der Waals surface area contributed by atoms with Crippen molar-refractivity contribution in [2.24, 2.45) is 0 Å². The van der Waals surface area contributed by atoms with E-state index >= 15 is 0 Å². The molecule has 2 aromatic rings. The van der Waals surface area contributed by atoms with Gasteiger partial charge in [0, 0.05) is 20.2 Å². The van der Waals surface area contributed by atoms with Gasteiger partial charge in [-0.15, -0.1) is 0 Å². The van der Waals surface area contributed by atoms with Gasteiger partial charge in [-0.25, -0.2) is 4.39 Å². The number of benzene rings is 2. The summed E-state index contributed by atoms with van der Waals surface area (Å²) >= 11 is 6.58. The van der Waals surface area contributed by atoms with Gasteiger partial charge in [0.25, 0.3) is 5.91 Å². The smallest absolute Gasteiger partial charge is 0.255 e. The zero-order chi connectivity index (χ0) is 14.0. The number of nitrogen functional groups attached to an aromatic ring is 1. The number of hydrogen-bond acceptors (Lipinski definition) is 2. The summed E-state index contributed by atoms with van der Waals surface area (Å²) in [5.74, 6) is -0.965. The highest BCUT2D eigenvalue weighted by atomic mass is 79.9. The van der Waals surface area contributed by atoms with E-state index in [0.29, 0.717) is 11.3 Å². The van der Waals surface area contributed by atoms with Gasteiger partial charge in [0.1, 0.15) is 5.82 Å². The van der Waals surface area contributed by atoms with E-state index in [-0.39, 0.29) is 5.69 Å². The van der Waals surface area contributed by atoms with Crippen LogP contribution in [0.15, 0.2) is 45.3 Å². The lowest BCUT2D eigenvalue weighted by Crippen LogP contribution is -2.13. The van der Waals surface area contributed by atoms with E-state index in [1.165, 1.54) is 12.1 Å². The van der Waals surface area contributed by atoms with E-state index in [2.05, 4.69) is 37.2 Å². The van der Waals surface area contributed by atoms with Gasteiger partial charge >= 0.3 is 0 Å². The van der Waals surface area contributed by atoms with Crippen LogP contribution in [0.2, 0.25) is 0 Å². The molecule has 0 aromatic heterocycles. The molecule has 0 fully saturated rings. The van der Waals surface area contributed by atoms with E-state index in [4.69, 9.17) is 5.73 Å². The van der Waals surface area contributed by atoms with Crippen LogP contribution in [0.1, 0.15) is 10.4 Å². The van der Waals surface area contributed by atoms with Crippen LogP contribution in [0.25, 0.3) is 0 Å². The first-order valence-electron chi connectivity index (χ1n) is 5.28. The number of nitrogens with two attached hydrogens (primary N) is 1. The summed E-state index contributed by atoms with van der Waals surface area (Å²) in [6.45, 7) is 0. The van der Waals surface area contributed by atoms with Gasteiger partial charge in [-0.1, -0.05) is 31.9 Å². The Hall–Kier alpha value is -1.40. The van der Waals surface area contributed by atoms with Crippen LogP contribution >= 0.6 is 31.9 Å². The fraction of sp³-hybridized carbons (Fsp3) is 0. The molecule has 0 bridgehead atoms. The predicted molar refractivity (Wildman–Crippen MR) is 80.6 cm³/mol. The van der Waals surface area contributed by atoms with E-state index in [1.807, 2.05) is 0 Å². The van der Waals surface area contributed by atoms with Crippen LogP contribution in [0, 0.1) is 5.82 Å². The Bertz CT molecular complexity index is 626. The normalized spacial score (nSPS) is 10.3. The Morgan fingerprint density at radius 1 is 1.11 bits per heavy atom. The van der Waals surface area contributed by atoms with Crippen molar-refractivity contribution >= 4 is 49.1 Å². The number of nitrogens with one attached hydrogen (secondary N) is 1. The lowest BCUT2D eigenvalue weighted by atomic mass is 10.2. The van der Waals surface area contributed by atoms with Crippen molar-refractivity contribution in [3.05, 3.63) is 56.7 Å². The zero-order valence-corrected chi connectivity index (χ0v) is 12.8. The summed E-state index contributed by atoms with van der Waals surface area (Å²) in [5.41, 5.74) is 6.26. The van der Waals surface area contributed by atoms with Crippen molar-refractivity contribution in [2.45, 2.75) is 0 Å². The molecule has 0 aliphatic rings. The maximum absolute atomic E-state index is 13.6. The van der Waals surface area contributed by atoms with E-state index in [1.54, 1.807) is 18.2 Å². The minimum Gasteiger partial charge on any atom is -0.399 e. The summed E-state index contributed by atoms with van der Waals surface area (Å²) in [6, 6.07) is 9.21. The van der Waals surface area contributed by atoms with Crippen LogP contribution in [-0.2, 0) is 0 Å². The molecule has 0 unspecified atom stereocenters. The maximum atomic E-state index is 13.6. The summed E-state index contributed by atoms with van der Waals surface area (Å²) in [6.07, 6.45) is 0. The second kappa shape index (κ2) is 5.71. The van der Waals surface area contributed by atoms with Crippen molar-refractivity contribution in [3.8, 4) is 0 Å². The Labute approximate surface area is 126 Å².